The first-order chi connectivity index (χ1) is 10.1. The summed E-state index contributed by atoms with van der Waals surface area (Å²) in [5.41, 5.74) is 0. The van der Waals surface area contributed by atoms with Crippen LogP contribution in [0.15, 0.2) is 0 Å². The van der Waals surface area contributed by atoms with Crippen molar-refractivity contribution in [2.24, 2.45) is 5.92 Å². The molecule has 1 rings (SSSR count). The third-order valence-corrected chi connectivity index (χ3v) is 3.74. The number of aliphatic carboxylic acids is 1. The first kappa shape index (κ1) is 17.9. The standard InChI is InChI=1S/C15H27NO5/c1-2-20-9-10-21-11-14(17)16-13-8-6-4-3-5-7-12(13)15(18)19/h12-13H,2-11H2,1H3,(H,16,17)(H,18,19). The molecule has 2 N–H and O–H groups in total. The van der Waals surface area contributed by atoms with Crippen LogP contribution in [0.3, 0.4) is 0 Å². The van der Waals surface area contributed by atoms with Gasteiger partial charge in [-0.2, -0.15) is 0 Å². The van der Waals surface area contributed by atoms with Crippen molar-refractivity contribution in [1.82, 2.24) is 5.32 Å². The molecule has 0 saturated heterocycles. The van der Waals surface area contributed by atoms with Gasteiger partial charge in [-0.15, -0.1) is 0 Å². The van der Waals surface area contributed by atoms with Gasteiger partial charge in [0.25, 0.3) is 0 Å². The minimum atomic E-state index is -0.820. The van der Waals surface area contributed by atoms with Crippen molar-refractivity contribution in [3.63, 3.8) is 0 Å². The Hall–Kier alpha value is -1.14. The molecule has 2 atom stereocenters. The Kier molecular flexibility index (Phi) is 9.01. The number of rotatable bonds is 8. The number of amides is 1. The highest BCUT2D eigenvalue weighted by Crippen LogP contribution is 2.23. The van der Waals surface area contributed by atoms with E-state index >= 15 is 0 Å². The number of ether oxygens (including phenoxy) is 2. The summed E-state index contributed by atoms with van der Waals surface area (Å²) in [5, 5.41) is 12.1. The van der Waals surface area contributed by atoms with Crippen LogP contribution in [-0.2, 0) is 19.1 Å². The maximum atomic E-state index is 11.8. The van der Waals surface area contributed by atoms with Gasteiger partial charge in [0.2, 0.25) is 5.91 Å². The van der Waals surface area contributed by atoms with E-state index in [1.54, 1.807) is 0 Å². The maximum absolute atomic E-state index is 11.8. The molecule has 0 aliphatic heterocycles. The second-order valence-electron chi connectivity index (χ2n) is 5.36. The average Bonchev–Trinajstić information content (AvgIpc) is 2.41. The molecule has 0 heterocycles. The number of carbonyl (C=O) groups is 2. The molecule has 122 valence electrons. The van der Waals surface area contributed by atoms with Crippen LogP contribution in [-0.4, -0.2) is 49.5 Å². The molecule has 0 bridgehead atoms. The van der Waals surface area contributed by atoms with E-state index in [-0.39, 0.29) is 18.6 Å². The van der Waals surface area contributed by atoms with Crippen molar-refractivity contribution in [3.8, 4) is 0 Å². The van der Waals surface area contributed by atoms with Crippen molar-refractivity contribution in [1.29, 1.82) is 0 Å². The van der Waals surface area contributed by atoms with Gasteiger partial charge >= 0.3 is 5.97 Å². The van der Waals surface area contributed by atoms with Crippen molar-refractivity contribution in [3.05, 3.63) is 0 Å². The fourth-order valence-corrected chi connectivity index (χ4v) is 2.63. The molecular formula is C15H27NO5. The zero-order valence-electron chi connectivity index (χ0n) is 12.8. The molecule has 0 radical (unpaired) electrons. The lowest BCUT2D eigenvalue weighted by Crippen LogP contribution is -2.45. The van der Waals surface area contributed by atoms with Crippen molar-refractivity contribution >= 4 is 11.9 Å². The molecule has 0 aromatic carbocycles. The average molecular weight is 301 g/mol. The molecule has 21 heavy (non-hydrogen) atoms. The van der Waals surface area contributed by atoms with Crippen LogP contribution in [0.5, 0.6) is 0 Å². The third-order valence-electron chi connectivity index (χ3n) is 3.74. The summed E-state index contributed by atoms with van der Waals surface area (Å²) in [6, 6.07) is -0.286. The second-order valence-corrected chi connectivity index (χ2v) is 5.36. The lowest BCUT2D eigenvalue weighted by atomic mass is 9.87. The van der Waals surface area contributed by atoms with E-state index < -0.39 is 11.9 Å². The second kappa shape index (κ2) is 10.6. The summed E-state index contributed by atoms with van der Waals surface area (Å²) in [6.45, 7) is 3.31. The van der Waals surface area contributed by atoms with Gasteiger partial charge in [-0.05, 0) is 19.8 Å². The fourth-order valence-electron chi connectivity index (χ4n) is 2.63. The highest BCUT2D eigenvalue weighted by atomic mass is 16.5. The van der Waals surface area contributed by atoms with Crippen LogP contribution in [0, 0.1) is 5.92 Å². The summed E-state index contributed by atoms with van der Waals surface area (Å²) >= 11 is 0. The molecular weight excluding hydrogens is 274 g/mol. The van der Waals surface area contributed by atoms with Crippen LogP contribution in [0.4, 0.5) is 0 Å². The normalized spacial score (nSPS) is 23.1. The van der Waals surface area contributed by atoms with Gasteiger partial charge in [-0.3, -0.25) is 9.59 Å². The van der Waals surface area contributed by atoms with E-state index in [1.165, 1.54) is 0 Å². The van der Waals surface area contributed by atoms with Gasteiger partial charge in [0.15, 0.2) is 0 Å². The Morgan fingerprint density at radius 1 is 1.10 bits per heavy atom. The van der Waals surface area contributed by atoms with Gasteiger partial charge in [-0.25, -0.2) is 0 Å². The predicted molar refractivity (Wildman–Crippen MR) is 78.1 cm³/mol. The molecule has 2 unspecified atom stereocenters. The number of hydrogen-bond acceptors (Lipinski definition) is 4. The number of carboxylic acid groups (broad SMARTS) is 1. The fraction of sp³-hybridized carbons (Fsp3) is 0.867. The van der Waals surface area contributed by atoms with Crippen LogP contribution in [0.1, 0.15) is 45.4 Å². The van der Waals surface area contributed by atoms with E-state index in [4.69, 9.17) is 9.47 Å². The molecule has 1 aliphatic carbocycles. The summed E-state index contributed by atoms with van der Waals surface area (Å²) in [7, 11) is 0. The van der Waals surface area contributed by atoms with Crippen molar-refractivity contribution in [2.45, 2.75) is 51.5 Å². The highest BCUT2D eigenvalue weighted by Gasteiger charge is 2.29. The molecule has 6 nitrogen and oxygen atoms in total. The van der Waals surface area contributed by atoms with Crippen molar-refractivity contribution < 1.29 is 24.2 Å². The summed E-state index contributed by atoms with van der Waals surface area (Å²) in [5.74, 6) is -1.56. The SMILES string of the molecule is CCOCCOCC(=O)NC1CCCCCCC1C(=O)O. The number of carbonyl (C=O) groups excluding carboxylic acids is 1. The number of carboxylic acids is 1. The smallest absolute Gasteiger partial charge is 0.308 e. The molecule has 1 aliphatic rings. The third kappa shape index (κ3) is 7.43. The largest absolute Gasteiger partial charge is 0.481 e. The van der Waals surface area contributed by atoms with Gasteiger partial charge in [0.05, 0.1) is 19.1 Å². The molecule has 6 heteroatoms. The summed E-state index contributed by atoms with van der Waals surface area (Å²) in [6.07, 6.45) is 5.40. The topological polar surface area (TPSA) is 84.9 Å². The Morgan fingerprint density at radius 2 is 1.76 bits per heavy atom. The van der Waals surface area contributed by atoms with E-state index in [0.717, 1.165) is 32.1 Å². The highest BCUT2D eigenvalue weighted by molar-refractivity contribution is 5.79. The summed E-state index contributed by atoms with van der Waals surface area (Å²) < 4.78 is 10.3. The molecule has 1 fully saturated rings. The Labute approximate surface area is 126 Å². The first-order valence-electron chi connectivity index (χ1n) is 7.82. The Balaban J connectivity index is 2.36. The Morgan fingerprint density at radius 3 is 2.43 bits per heavy atom. The minimum absolute atomic E-state index is 0.0457. The van der Waals surface area contributed by atoms with Gasteiger partial charge in [-0.1, -0.05) is 25.7 Å². The van der Waals surface area contributed by atoms with E-state index in [2.05, 4.69) is 5.32 Å². The van der Waals surface area contributed by atoms with E-state index in [1.807, 2.05) is 6.92 Å². The maximum Gasteiger partial charge on any atom is 0.308 e. The lowest BCUT2D eigenvalue weighted by Gasteiger charge is -2.27. The zero-order chi connectivity index (χ0) is 15.5. The molecule has 0 spiro atoms. The van der Waals surface area contributed by atoms with E-state index in [9.17, 15) is 14.7 Å². The minimum Gasteiger partial charge on any atom is -0.481 e. The van der Waals surface area contributed by atoms with E-state index in [0.29, 0.717) is 26.2 Å². The van der Waals surface area contributed by atoms with Crippen LogP contribution in [0.25, 0.3) is 0 Å². The quantitative estimate of drug-likeness (QED) is 0.665. The molecule has 1 amide bonds. The predicted octanol–water partition coefficient (Wildman–Crippen LogP) is 1.58. The molecule has 1 saturated carbocycles. The lowest BCUT2D eigenvalue weighted by molar-refractivity contribution is -0.143. The monoisotopic (exact) mass is 301 g/mol. The van der Waals surface area contributed by atoms with Gasteiger partial charge < -0.3 is 19.9 Å². The van der Waals surface area contributed by atoms with Crippen LogP contribution in [0.2, 0.25) is 0 Å². The van der Waals surface area contributed by atoms with Crippen LogP contribution >= 0.6 is 0 Å². The number of hydrogen-bond donors (Lipinski definition) is 2. The van der Waals surface area contributed by atoms with Gasteiger partial charge in [0, 0.05) is 12.6 Å². The summed E-state index contributed by atoms with van der Waals surface area (Å²) in [4.78, 5) is 23.2. The molecule has 0 aromatic heterocycles. The number of nitrogens with one attached hydrogen (secondary N) is 1. The first-order valence-corrected chi connectivity index (χ1v) is 7.82. The zero-order valence-corrected chi connectivity index (χ0v) is 12.8. The van der Waals surface area contributed by atoms with Crippen LogP contribution < -0.4 is 5.32 Å². The Bertz CT molecular complexity index is 321. The molecule has 0 aromatic rings. The van der Waals surface area contributed by atoms with Gasteiger partial charge in [0.1, 0.15) is 6.61 Å². The van der Waals surface area contributed by atoms with Crippen molar-refractivity contribution in [2.75, 3.05) is 26.4 Å².